The molecule has 0 saturated heterocycles. The van der Waals surface area contributed by atoms with Gasteiger partial charge in [-0.05, 0) is 36.8 Å². The molecule has 0 heterocycles. The molecule has 2 rings (SSSR count). The van der Waals surface area contributed by atoms with Gasteiger partial charge in [0.05, 0.1) is 0 Å². The Bertz CT molecular complexity index is 732. The van der Waals surface area contributed by atoms with E-state index in [1.807, 2.05) is 0 Å². The predicted octanol–water partition coefficient (Wildman–Crippen LogP) is 3.19. The number of amides is 1. The lowest BCUT2D eigenvalue weighted by molar-refractivity contribution is -0.123. The van der Waals surface area contributed by atoms with Crippen LogP contribution in [-0.4, -0.2) is 24.9 Å². The van der Waals surface area contributed by atoms with Gasteiger partial charge in [-0.15, -0.1) is 0 Å². The van der Waals surface area contributed by atoms with Crippen LogP contribution in [0, 0.1) is 0 Å². The summed E-state index contributed by atoms with van der Waals surface area (Å²) in [5, 5.41) is 2.65. The SMILES string of the molecule is CC(=O)c1cccc(OCC(=O)NCc2ccc(OC(F)F)cc2)c1. The second kappa shape index (κ2) is 8.77. The highest BCUT2D eigenvalue weighted by atomic mass is 19.3. The van der Waals surface area contributed by atoms with Gasteiger partial charge in [-0.25, -0.2) is 0 Å². The molecule has 25 heavy (non-hydrogen) atoms. The summed E-state index contributed by atoms with van der Waals surface area (Å²) in [5.41, 5.74) is 1.23. The number of ether oxygens (including phenoxy) is 2. The van der Waals surface area contributed by atoms with Crippen LogP contribution in [0.4, 0.5) is 8.78 Å². The van der Waals surface area contributed by atoms with E-state index in [2.05, 4.69) is 10.1 Å². The summed E-state index contributed by atoms with van der Waals surface area (Å²) in [6, 6.07) is 12.5. The van der Waals surface area contributed by atoms with Gasteiger partial charge in [0.2, 0.25) is 0 Å². The Morgan fingerprint density at radius 2 is 1.80 bits per heavy atom. The molecule has 1 N–H and O–H groups in total. The van der Waals surface area contributed by atoms with E-state index in [4.69, 9.17) is 4.74 Å². The van der Waals surface area contributed by atoms with E-state index in [1.54, 1.807) is 36.4 Å². The zero-order valence-electron chi connectivity index (χ0n) is 13.5. The Morgan fingerprint density at radius 1 is 1.08 bits per heavy atom. The lowest BCUT2D eigenvalue weighted by atomic mass is 10.1. The minimum Gasteiger partial charge on any atom is -0.484 e. The van der Waals surface area contributed by atoms with Crippen LogP contribution in [-0.2, 0) is 11.3 Å². The van der Waals surface area contributed by atoms with Crippen molar-refractivity contribution in [3.63, 3.8) is 0 Å². The first-order chi connectivity index (χ1) is 11.9. The van der Waals surface area contributed by atoms with Crippen LogP contribution in [0.5, 0.6) is 11.5 Å². The van der Waals surface area contributed by atoms with E-state index in [0.717, 1.165) is 5.56 Å². The van der Waals surface area contributed by atoms with Crippen molar-refractivity contribution in [3.05, 3.63) is 59.7 Å². The number of alkyl halides is 2. The highest BCUT2D eigenvalue weighted by molar-refractivity contribution is 5.94. The fraction of sp³-hybridized carbons (Fsp3) is 0.222. The Balaban J connectivity index is 1.79. The molecule has 0 aliphatic heterocycles. The summed E-state index contributed by atoms with van der Waals surface area (Å²) < 4.78 is 33.7. The third kappa shape index (κ3) is 6.21. The number of carbonyl (C=O) groups is 2. The maximum atomic E-state index is 12.1. The predicted molar refractivity (Wildman–Crippen MR) is 86.9 cm³/mol. The molecule has 132 valence electrons. The molecule has 0 radical (unpaired) electrons. The Labute approximate surface area is 143 Å². The minimum absolute atomic E-state index is 0.0544. The van der Waals surface area contributed by atoms with Crippen LogP contribution < -0.4 is 14.8 Å². The number of benzene rings is 2. The van der Waals surface area contributed by atoms with Gasteiger partial charge in [-0.1, -0.05) is 24.3 Å². The van der Waals surface area contributed by atoms with Crippen molar-refractivity contribution in [1.82, 2.24) is 5.32 Å². The number of hydrogen-bond donors (Lipinski definition) is 1. The number of nitrogens with one attached hydrogen (secondary N) is 1. The zero-order valence-corrected chi connectivity index (χ0v) is 13.5. The van der Waals surface area contributed by atoms with Crippen molar-refractivity contribution in [1.29, 1.82) is 0 Å². The first-order valence-corrected chi connectivity index (χ1v) is 7.48. The van der Waals surface area contributed by atoms with Gasteiger partial charge < -0.3 is 14.8 Å². The molecular weight excluding hydrogens is 332 g/mol. The van der Waals surface area contributed by atoms with Crippen molar-refractivity contribution in [2.75, 3.05) is 6.61 Å². The number of carbonyl (C=O) groups excluding carboxylic acids is 2. The number of rotatable bonds is 8. The summed E-state index contributed by atoms with van der Waals surface area (Å²) in [5.74, 6) is 0.0467. The normalized spacial score (nSPS) is 10.4. The molecule has 0 spiro atoms. The summed E-state index contributed by atoms with van der Waals surface area (Å²) >= 11 is 0. The van der Waals surface area contributed by atoms with Gasteiger partial charge in [0.15, 0.2) is 12.4 Å². The van der Waals surface area contributed by atoms with Crippen LogP contribution in [0.15, 0.2) is 48.5 Å². The van der Waals surface area contributed by atoms with Crippen molar-refractivity contribution in [2.45, 2.75) is 20.1 Å². The number of halogens is 2. The molecule has 0 bridgehead atoms. The second-order valence-corrected chi connectivity index (χ2v) is 5.17. The zero-order chi connectivity index (χ0) is 18.2. The van der Waals surface area contributed by atoms with Crippen molar-refractivity contribution >= 4 is 11.7 Å². The van der Waals surface area contributed by atoms with Crippen molar-refractivity contribution in [2.24, 2.45) is 0 Å². The molecule has 0 fully saturated rings. The summed E-state index contributed by atoms with van der Waals surface area (Å²) in [6.45, 7) is -1.40. The maximum absolute atomic E-state index is 12.1. The van der Waals surface area contributed by atoms with E-state index in [1.165, 1.54) is 19.1 Å². The van der Waals surface area contributed by atoms with Gasteiger partial charge in [0, 0.05) is 12.1 Å². The first-order valence-electron chi connectivity index (χ1n) is 7.48. The summed E-state index contributed by atoms with van der Waals surface area (Å²) in [4.78, 5) is 23.1. The second-order valence-electron chi connectivity index (χ2n) is 5.17. The van der Waals surface area contributed by atoms with Gasteiger partial charge in [-0.3, -0.25) is 9.59 Å². The van der Waals surface area contributed by atoms with E-state index in [9.17, 15) is 18.4 Å². The van der Waals surface area contributed by atoms with Crippen molar-refractivity contribution in [3.8, 4) is 11.5 Å². The number of Topliss-reactive ketones (excluding diaryl/α,β-unsaturated/α-hetero) is 1. The Kier molecular flexibility index (Phi) is 6.45. The molecule has 2 aromatic carbocycles. The largest absolute Gasteiger partial charge is 0.484 e. The van der Waals surface area contributed by atoms with Gasteiger partial charge in [-0.2, -0.15) is 8.78 Å². The molecule has 0 aromatic heterocycles. The summed E-state index contributed by atoms with van der Waals surface area (Å²) in [7, 11) is 0. The van der Waals surface area contributed by atoms with Crippen LogP contribution in [0.2, 0.25) is 0 Å². The van der Waals surface area contributed by atoms with Crippen LogP contribution in [0.3, 0.4) is 0 Å². The summed E-state index contributed by atoms with van der Waals surface area (Å²) in [6.07, 6.45) is 0. The monoisotopic (exact) mass is 349 g/mol. The molecule has 0 aliphatic rings. The van der Waals surface area contributed by atoms with Crippen LogP contribution in [0.25, 0.3) is 0 Å². The lowest BCUT2D eigenvalue weighted by Crippen LogP contribution is -2.28. The quantitative estimate of drug-likeness (QED) is 0.744. The standard InChI is InChI=1S/C18H17F2NO4/c1-12(22)14-3-2-4-16(9-14)24-11-17(23)21-10-13-5-7-15(8-6-13)25-18(19)20/h2-9,18H,10-11H2,1H3,(H,21,23). The molecule has 2 aromatic rings. The molecule has 7 heteroatoms. The molecule has 0 aliphatic carbocycles. The molecule has 0 atom stereocenters. The van der Waals surface area contributed by atoms with Crippen LogP contribution in [0.1, 0.15) is 22.8 Å². The Hall–Kier alpha value is -2.96. The average molecular weight is 349 g/mol. The number of ketones is 1. The minimum atomic E-state index is -2.87. The van der Waals surface area contributed by atoms with Gasteiger partial charge >= 0.3 is 6.61 Å². The highest BCUT2D eigenvalue weighted by Gasteiger charge is 2.06. The van der Waals surface area contributed by atoms with E-state index in [0.29, 0.717) is 11.3 Å². The fourth-order valence-electron chi connectivity index (χ4n) is 1.99. The van der Waals surface area contributed by atoms with Crippen LogP contribution >= 0.6 is 0 Å². The topological polar surface area (TPSA) is 64.6 Å². The van der Waals surface area contributed by atoms with E-state index in [-0.39, 0.29) is 30.6 Å². The van der Waals surface area contributed by atoms with E-state index < -0.39 is 6.61 Å². The molecule has 0 unspecified atom stereocenters. The molecule has 1 amide bonds. The Morgan fingerprint density at radius 3 is 2.44 bits per heavy atom. The third-order valence-corrected chi connectivity index (χ3v) is 3.25. The third-order valence-electron chi connectivity index (χ3n) is 3.25. The fourth-order valence-corrected chi connectivity index (χ4v) is 1.99. The van der Waals surface area contributed by atoms with Gasteiger partial charge in [0.1, 0.15) is 11.5 Å². The highest BCUT2D eigenvalue weighted by Crippen LogP contribution is 2.15. The first kappa shape index (κ1) is 18.4. The maximum Gasteiger partial charge on any atom is 0.387 e. The lowest BCUT2D eigenvalue weighted by Gasteiger charge is -2.09. The molecule has 5 nitrogen and oxygen atoms in total. The van der Waals surface area contributed by atoms with Crippen molar-refractivity contribution < 1.29 is 27.8 Å². The average Bonchev–Trinajstić information content (AvgIpc) is 2.59. The molecule has 0 saturated carbocycles. The molecular formula is C18H17F2NO4. The van der Waals surface area contributed by atoms with E-state index >= 15 is 0 Å². The smallest absolute Gasteiger partial charge is 0.387 e. The van der Waals surface area contributed by atoms with Gasteiger partial charge in [0.25, 0.3) is 5.91 Å². The number of hydrogen-bond acceptors (Lipinski definition) is 4.